The normalized spacial score (nSPS) is 20.2. The molecule has 1 unspecified atom stereocenters. The van der Waals surface area contributed by atoms with E-state index in [9.17, 15) is 0 Å². The van der Waals surface area contributed by atoms with Gasteiger partial charge < -0.3 is 14.8 Å². The second-order valence-electron chi connectivity index (χ2n) is 6.82. The van der Waals surface area contributed by atoms with Crippen LogP contribution in [0.1, 0.15) is 51.2 Å². The van der Waals surface area contributed by atoms with E-state index in [0.29, 0.717) is 11.5 Å². The Morgan fingerprint density at radius 3 is 2.62 bits per heavy atom. The van der Waals surface area contributed by atoms with E-state index in [1.165, 1.54) is 18.4 Å². The molecule has 1 aliphatic carbocycles. The van der Waals surface area contributed by atoms with Gasteiger partial charge in [-0.2, -0.15) is 0 Å². The van der Waals surface area contributed by atoms with Gasteiger partial charge in [0.15, 0.2) is 0 Å². The Bertz CT molecular complexity index is 435. The smallest absolute Gasteiger partial charge is 0.119 e. The molecule has 21 heavy (non-hydrogen) atoms. The van der Waals surface area contributed by atoms with Crippen molar-refractivity contribution in [3.8, 4) is 5.75 Å². The number of methoxy groups -OCH3 is 1. The average molecular weight is 291 g/mol. The minimum atomic E-state index is 0.0938. The molecule has 1 N–H and O–H groups in total. The monoisotopic (exact) mass is 291 g/mol. The average Bonchev–Trinajstić information content (AvgIpc) is 2.49. The van der Waals surface area contributed by atoms with Gasteiger partial charge >= 0.3 is 0 Å². The second-order valence-corrected chi connectivity index (χ2v) is 6.82. The summed E-state index contributed by atoms with van der Waals surface area (Å²) in [6.07, 6.45) is 5.30. The highest BCUT2D eigenvalue weighted by molar-refractivity contribution is 5.30. The summed E-state index contributed by atoms with van der Waals surface area (Å²) in [6, 6.07) is 8.21. The summed E-state index contributed by atoms with van der Waals surface area (Å²) >= 11 is 0. The molecule has 1 fully saturated rings. The molecule has 0 radical (unpaired) electrons. The molecule has 1 aliphatic rings. The Morgan fingerprint density at radius 1 is 1.29 bits per heavy atom. The van der Waals surface area contributed by atoms with Crippen molar-refractivity contribution in [1.29, 1.82) is 0 Å². The number of hydrogen-bond donors (Lipinski definition) is 1. The van der Waals surface area contributed by atoms with Crippen LogP contribution in [0, 0.1) is 5.41 Å². The number of nitrogens with one attached hydrogen (secondary N) is 1. The summed E-state index contributed by atoms with van der Waals surface area (Å²) in [5, 5.41) is 3.24. The number of rotatable bonds is 6. The first-order valence-corrected chi connectivity index (χ1v) is 7.98. The van der Waals surface area contributed by atoms with Crippen molar-refractivity contribution >= 4 is 0 Å². The maximum Gasteiger partial charge on any atom is 0.119 e. The molecule has 0 bridgehead atoms. The molecule has 1 atom stereocenters. The Labute approximate surface area is 129 Å². The summed E-state index contributed by atoms with van der Waals surface area (Å²) in [5.74, 6) is 0.891. The van der Waals surface area contributed by atoms with E-state index in [0.717, 1.165) is 25.1 Å². The third kappa shape index (κ3) is 4.72. The molecule has 2 rings (SSSR count). The lowest BCUT2D eigenvalue weighted by Gasteiger charge is -2.36. The number of benzene rings is 1. The molecule has 1 saturated carbocycles. The molecule has 118 valence electrons. The SMILES string of the molecule is CNCC(OC1CCC(C)(C)CC1)c1cccc(OC)c1. The van der Waals surface area contributed by atoms with Crippen molar-refractivity contribution in [2.45, 2.75) is 51.7 Å². The first-order valence-electron chi connectivity index (χ1n) is 7.98. The molecular weight excluding hydrogens is 262 g/mol. The molecule has 0 heterocycles. The predicted molar refractivity (Wildman–Crippen MR) is 86.8 cm³/mol. The van der Waals surface area contributed by atoms with Crippen LogP contribution in [0.15, 0.2) is 24.3 Å². The van der Waals surface area contributed by atoms with Crippen molar-refractivity contribution in [2.24, 2.45) is 5.41 Å². The van der Waals surface area contributed by atoms with Crippen LogP contribution in [0.2, 0.25) is 0 Å². The third-order valence-corrected chi connectivity index (χ3v) is 4.50. The van der Waals surface area contributed by atoms with E-state index in [-0.39, 0.29) is 6.10 Å². The largest absolute Gasteiger partial charge is 0.497 e. The lowest BCUT2D eigenvalue weighted by molar-refractivity contribution is -0.0454. The molecule has 1 aromatic carbocycles. The summed E-state index contributed by atoms with van der Waals surface area (Å²) in [4.78, 5) is 0. The topological polar surface area (TPSA) is 30.5 Å². The van der Waals surface area contributed by atoms with Gasteiger partial charge in [-0.3, -0.25) is 0 Å². The molecule has 0 spiro atoms. The first kappa shape index (κ1) is 16.3. The Hall–Kier alpha value is -1.06. The fourth-order valence-corrected chi connectivity index (χ4v) is 3.01. The van der Waals surface area contributed by atoms with Crippen LogP contribution in [0.25, 0.3) is 0 Å². The molecule has 1 aromatic rings. The van der Waals surface area contributed by atoms with Crippen molar-refractivity contribution in [2.75, 3.05) is 20.7 Å². The molecule has 0 aliphatic heterocycles. The fourth-order valence-electron chi connectivity index (χ4n) is 3.01. The zero-order chi connectivity index (χ0) is 15.3. The van der Waals surface area contributed by atoms with E-state index in [1.54, 1.807) is 7.11 Å². The van der Waals surface area contributed by atoms with E-state index in [1.807, 2.05) is 19.2 Å². The van der Waals surface area contributed by atoms with Crippen molar-refractivity contribution < 1.29 is 9.47 Å². The standard InChI is InChI=1S/C18H29NO2/c1-18(2)10-8-15(9-11-18)21-17(13-19-3)14-6-5-7-16(12-14)20-4/h5-7,12,15,17,19H,8-11,13H2,1-4H3. The van der Waals surface area contributed by atoms with Crippen LogP contribution in [0.5, 0.6) is 5.75 Å². The van der Waals surface area contributed by atoms with Gasteiger partial charge in [-0.05, 0) is 55.8 Å². The summed E-state index contributed by atoms with van der Waals surface area (Å²) < 4.78 is 11.7. The minimum Gasteiger partial charge on any atom is -0.497 e. The lowest BCUT2D eigenvalue weighted by Crippen LogP contribution is -2.30. The Morgan fingerprint density at radius 2 is 2.00 bits per heavy atom. The van der Waals surface area contributed by atoms with E-state index >= 15 is 0 Å². The van der Waals surface area contributed by atoms with Gasteiger partial charge in [0, 0.05) is 6.54 Å². The van der Waals surface area contributed by atoms with E-state index in [4.69, 9.17) is 9.47 Å². The zero-order valence-electron chi connectivity index (χ0n) is 13.8. The molecule has 3 nitrogen and oxygen atoms in total. The summed E-state index contributed by atoms with van der Waals surface area (Å²) in [7, 11) is 3.68. The van der Waals surface area contributed by atoms with Gasteiger partial charge in [0.25, 0.3) is 0 Å². The van der Waals surface area contributed by atoms with Gasteiger partial charge in [-0.1, -0.05) is 26.0 Å². The van der Waals surface area contributed by atoms with Crippen LogP contribution in [0.3, 0.4) is 0 Å². The quantitative estimate of drug-likeness (QED) is 0.861. The summed E-state index contributed by atoms with van der Waals surface area (Å²) in [6.45, 7) is 5.54. The van der Waals surface area contributed by atoms with Gasteiger partial charge in [-0.25, -0.2) is 0 Å². The highest BCUT2D eigenvalue weighted by Gasteiger charge is 2.29. The number of ether oxygens (including phenoxy) is 2. The fraction of sp³-hybridized carbons (Fsp3) is 0.667. The predicted octanol–water partition coefficient (Wildman–Crippen LogP) is 3.94. The molecule has 0 aromatic heterocycles. The summed E-state index contributed by atoms with van der Waals surface area (Å²) in [5.41, 5.74) is 1.67. The molecule has 0 saturated heterocycles. The van der Waals surface area contributed by atoms with Crippen molar-refractivity contribution in [1.82, 2.24) is 5.32 Å². The van der Waals surface area contributed by atoms with Crippen LogP contribution >= 0.6 is 0 Å². The first-order chi connectivity index (χ1) is 10.0. The van der Waals surface area contributed by atoms with Crippen LogP contribution in [0.4, 0.5) is 0 Å². The van der Waals surface area contributed by atoms with Crippen LogP contribution in [-0.2, 0) is 4.74 Å². The zero-order valence-corrected chi connectivity index (χ0v) is 13.8. The van der Waals surface area contributed by atoms with Crippen molar-refractivity contribution in [3.05, 3.63) is 29.8 Å². The van der Waals surface area contributed by atoms with Gasteiger partial charge in [-0.15, -0.1) is 0 Å². The molecule has 0 amide bonds. The Balaban J connectivity index is 2.02. The Kier molecular flexibility index (Phi) is 5.65. The third-order valence-electron chi connectivity index (χ3n) is 4.50. The lowest BCUT2D eigenvalue weighted by atomic mass is 9.76. The van der Waals surface area contributed by atoms with Gasteiger partial charge in [0.05, 0.1) is 19.3 Å². The number of likely N-dealkylation sites (N-methyl/N-ethyl adjacent to an activating group) is 1. The van der Waals surface area contributed by atoms with Gasteiger partial charge in [0.1, 0.15) is 5.75 Å². The molecular formula is C18H29NO2. The maximum absolute atomic E-state index is 6.39. The highest BCUT2D eigenvalue weighted by Crippen LogP contribution is 2.37. The van der Waals surface area contributed by atoms with Crippen LogP contribution < -0.4 is 10.1 Å². The highest BCUT2D eigenvalue weighted by atomic mass is 16.5. The van der Waals surface area contributed by atoms with Gasteiger partial charge in [0.2, 0.25) is 0 Å². The minimum absolute atomic E-state index is 0.0938. The van der Waals surface area contributed by atoms with Crippen LogP contribution in [-0.4, -0.2) is 26.8 Å². The second kappa shape index (κ2) is 7.28. The van der Waals surface area contributed by atoms with E-state index < -0.39 is 0 Å². The molecule has 3 heteroatoms. The van der Waals surface area contributed by atoms with Crippen molar-refractivity contribution in [3.63, 3.8) is 0 Å². The van der Waals surface area contributed by atoms with E-state index in [2.05, 4.69) is 31.3 Å². The maximum atomic E-state index is 6.39. The number of hydrogen-bond acceptors (Lipinski definition) is 3.